The third-order valence-corrected chi connectivity index (χ3v) is 44.9. The fourth-order valence-corrected chi connectivity index (χ4v) is 36.1. The van der Waals surface area contributed by atoms with Crippen molar-refractivity contribution in [3.05, 3.63) is 365 Å². The Morgan fingerprint density at radius 1 is 0.219 bits per heavy atom. The zero-order valence-electron chi connectivity index (χ0n) is 89.2. The van der Waals surface area contributed by atoms with Gasteiger partial charge < -0.3 is 0 Å². The first-order valence-corrected chi connectivity index (χ1v) is 63.1. The van der Waals surface area contributed by atoms with Crippen LogP contribution in [0.2, 0.25) is 11.5 Å². The Morgan fingerprint density at radius 3 is 0.701 bits per heavy atom. The molecule has 0 amide bonds. The molecule has 0 aromatic heterocycles. The summed E-state index contributed by atoms with van der Waals surface area (Å²) in [6.07, 6.45) is 6.24. The van der Waals surface area contributed by atoms with E-state index in [0.717, 1.165) is 38.5 Å². The van der Waals surface area contributed by atoms with E-state index >= 15 is 0 Å². The van der Waals surface area contributed by atoms with E-state index in [-0.39, 0.29) is 80.4 Å². The van der Waals surface area contributed by atoms with E-state index in [0.29, 0.717) is 0 Å². The summed E-state index contributed by atoms with van der Waals surface area (Å²) in [4.78, 5) is 0. The van der Waals surface area contributed by atoms with Gasteiger partial charge in [-0.15, -0.1) is 0 Å². The van der Waals surface area contributed by atoms with Crippen LogP contribution in [0.15, 0.2) is 265 Å². The van der Waals surface area contributed by atoms with Crippen molar-refractivity contribution in [2.75, 3.05) is 0 Å². The number of benzene rings is 14. The van der Waals surface area contributed by atoms with E-state index in [4.69, 9.17) is 0 Å². The summed E-state index contributed by atoms with van der Waals surface area (Å²) in [6.45, 7) is 71.7. The molecule has 6 aliphatic carbocycles. The van der Waals surface area contributed by atoms with E-state index in [9.17, 15) is 0 Å². The number of hydrogen-bond acceptors (Lipinski definition) is 0. The molecule has 0 atom stereocenters. The van der Waals surface area contributed by atoms with Gasteiger partial charge in [-0.25, -0.2) is 0 Å². The predicted molar refractivity (Wildman–Crippen MR) is 606 cm³/mol. The van der Waals surface area contributed by atoms with Crippen LogP contribution in [0.1, 0.15) is 346 Å². The summed E-state index contributed by atoms with van der Waals surface area (Å²) in [6, 6.07) is 106. The second-order valence-corrected chi connectivity index (χ2v) is 61.4. The van der Waals surface area contributed by atoms with Crippen molar-refractivity contribution in [2.45, 2.75) is 323 Å². The maximum absolute atomic E-state index is 3.95. The van der Waals surface area contributed by atoms with Gasteiger partial charge in [0.15, 0.2) is 0 Å². The Kier molecular flexibility index (Phi) is 24.5. The van der Waals surface area contributed by atoms with Gasteiger partial charge >= 0.3 is 529 Å². The minimum atomic E-state index is -3.95. The Hall–Kier alpha value is -9.35. The van der Waals surface area contributed by atoms with Crippen molar-refractivity contribution in [1.82, 2.24) is 0 Å². The molecule has 0 saturated heterocycles. The molecule has 0 N–H and O–H groups in total. The van der Waals surface area contributed by atoms with E-state index in [1.54, 1.807) is 0 Å². The molecule has 704 valence electrons. The SMILES string of the molecule is CCC1(CC)c2cc(-c3cc(C(C)(C)C)cc4c3-c3ccc(C(C)(C)C)cc3C4(C)C)ccc2-c2cc[c]([Ge]([c]3ccccc3)([c]3ccccc3)[c]3ccc4c(c3)C(CC)(CC)c3cc(-c5cc(C(C)(C)C)cc6c5-c5ccc(C(C)(C)C)cc5C6(C)C)ccc3-4)cc21.CCC1(CC)c2cc(Br)ccc2-c2ccc(-c3cc(C(C)(C)C)cc4c3-c3ccc(C(C)(C)C)cc3C4(C)C)cc21.[CH3][GeH2][CH3]. The Balaban J connectivity index is 0.000000235. The van der Waals surface area contributed by atoms with Gasteiger partial charge in [0, 0.05) is 15.3 Å². The molecule has 0 heterocycles. The molecule has 0 spiro atoms. The summed E-state index contributed by atoms with van der Waals surface area (Å²) in [5.74, 6) is 4.62. The quantitative estimate of drug-likeness (QED) is 0.101. The molecule has 0 radical (unpaired) electrons. The van der Waals surface area contributed by atoms with Crippen LogP contribution in [0.4, 0.5) is 0 Å². The van der Waals surface area contributed by atoms with Crippen LogP contribution >= 0.6 is 15.9 Å². The summed E-state index contributed by atoms with van der Waals surface area (Å²) >= 11 is -0.0480. The normalized spacial score (nSPS) is 15.9. The average Bonchev–Trinajstić information content (AvgIpc) is 1.59. The van der Waals surface area contributed by atoms with Crippen LogP contribution in [0, 0.1) is 0 Å². The van der Waals surface area contributed by atoms with E-state index in [2.05, 4.69) is 496 Å². The molecule has 137 heavy (non-hydrogen) atoms. The zero-order valence-corrected chi connectivity index (χ0v) is 95.8. The first kappa shape index (κ1) is 97.9. The van der Waals surface area contributed by atoms with Crippen LogP contribution in [0.25, 0.3) is 100 Å². The van der Waals surface area contributed by atoms with Gasteiger partial charge in [0.05, 0.1) is 0 Å². The zero-order chi connectivity index (χ0) is 98.5. The van der Waals surface area contributed by atoms with Crippen molar-refractivity contribution >= 4 is 62.2 Å². The van der Waals surface area contributed by atoms with E-state index in [1.807, 2.05) is 0 Å². The van der Waals surface area contributed by atoms with Crippen LogP contribution in [-0.4, -0.2) is 28.7 Å². The van der Waals surface area contributed by atoms with Crippen molar-refractivity contribution in [1.29, 1.82) is 0 Å². The topological polar surface area (TPSA) is 0 Å². The standard InChI is InChI=1S/C92H100Ge.C40H45Br.C2H8Ge/c1-21-91(22-2)77-47-57(73-49-61(87(11,12)13)53-81-83(73)71-43-37-59(85(5,6)7)51-75(71)89(81,17)18)35-41-67(77)69-45-39-65(55-79(69)91)93(63-31-27-25-28-32-63,64-33-29-26-30-34-64)66-40-46-70-68-42-36-58(48-78(68)92(23-3,24-4)80(70)56-66)74-50-62(88(14,15)16)54-82-84(74)72-44-38-60(86(8,9)10)52-76(72)90(82,19)20;1-11-40(12-2)33-19-24(13-16-28(33)29-18-15-27(41)23-34(29)40)31-20-26(38(6,7)8)22-35-36(31)30-17-14-25(37(3,4)5)21-32(30)39(35,9)10;1-3-2/h25-56H,21-24H2,1-20H3;13-23H,11-12H2,1-10H3;3H2,1-2H3. The molecule has 20 rings (SSSR count). The average molecular weight is 1990 g/mol. The maximum atomic E-state index is 3.77. The summed E-state index contributed by atoms with van der Waals surface area (Å²) < 4.78 is 7.09. The predicted octanol–water partition coefficient (Wildman–Crippen LogP) is 34.7. The molecule has 0 aliphatic heterocycles. The molecule has 0 bridgehead atoms. The van der Waals surface area contributed by atoms with Gasteiger partial charge in [-0.2, -0.15) is 0 Å². The Labute approximate surface area is 843 Å². The van der Waals surface area contributed by atoms with E-state index < -0.39 is 13.3 Å². The minimum absolute atomic E-state index is 0.0240. The first-order chi connectivity index (χ1) is 64.4. The summed E-state index contributed by atoms with van der Waals surface area (Å²) in [5.41, 5.74) is 50.5. The fourth-order valence-electron chi connectivity index (χ4n) is 25.8. The second-order valence-electron chi connectivity index (χ2n) is 49.5. The summed E-state index contributed by atoms with van der Waals surface area (Å²) in [5, 5.41) is 0. The van der Waals surface area contributed by atoms with Crippen molar-refractivity contribution in [2.24, 2.45) is 0 Å². The van der Waals surface area contributed by atoms with Gasteiger partial charge in [0.1, 0.15) is 0 Å². The van der Waals surface area contributed by atoms with Crippen LogP contribution in [-0.2, 0) is 65.0 Å². The molecule has 6 aliphatic rings. The summed E-state index contributed by atoms with van der Waals surface area (Å²) in [7, 11) is 0. The molecule has 0 unspecified atom stereocenters. The second kappa shape index (κ2) is 34.2. The van der Waals surface area contributed by atoms with Crippen LogP contribution in [0.3, 0.4) is 0 Å². The fraction of sp³-hybridized carbons (Fsp3) is 0.373. The molecular weight excluding hydrogens is 1830 g/mol. The number of rotatable bonds is 13. The van der Waals surface area contributed by atoms with E-state index in [1.165, 1.54) is 222 Å². The molecule has 0 saturated carbocycles. The number of fused-ring (bicyclic) bond motifs is 18. The Bertz CT molecular complexity index is 6850. The molecule has 14 aromatic rings. The van der Waals surface area contributed by atoms with Gasteiger partial charge in [-0.1, -0.05) is 169 Å². The molecule has 0 fully saturated rings. The molecular formula is C134H153BrGe2. The molecule has 0 nitrogen and oxygen atoms in total. The first-order valence-electron chi connectivity index (χ1n) is 52.1. The van der Waals surface area contributed by atoms with Crippen molar-refractivity contribution < 1.29 is 0 Å². The third-order valence-electron chi connectivity index (χ3n) is 34.4. The monoisotopic (exact) mass is 1990 g/mol. The molecule has 3 heteroatoms. The van der Waals surface area contributed by atoms with Crippen LogP contribution < -0.4 is 17.6 Å². The van der Waals surface area contributed by atoms with Gasteiger partial charge in [0.25, 0.3) is 0 Å². The van der Waals surface area contributed by atoms with Gasteiger partial charge in [-0.3, -0.25) is 0 Å². The van der Waals surface area contributed by atoms with Crippen molar-refractivity contribution in [3.8, 4) is 100 Å². The number of hydrogen-bond donors (Lipinski definition) is 0. The van der Waals surface area contributed by atoms with Crippen LogP contribution in [0.5, 0.6) is 0 Å². The van der Waals surface area contributed by atoms with Gasteiger partial charge in [0.2, 0.25) is 0 Å². The number of halogens is 1. The molecule has 14 aromatic carbocycles. The van der Waals surface area contributed by atoms with Crippen molar-refractivity contribution in [3.63, 3.8) is 0 Å². The third kappa shape index (κ3) is 15.4. The Morgan fingerprint density at radius 2 is 0.445 bits per heavy atom. The van der Waals surface area contributed by atoms with Gasteiger partial charge in [-0.05, 0) is 137 Å².